The van der Waals surface area contributed by atoms with Crippen molar-refractivity contribution in [3.8, 4) is 0 Å². The van der Waals surface area contributed by atoms with E-state index in [0.29, 0.717) is 0 Å². The summed E-state index contributed by atoms with van der Waals surface area (Å²) in [6.45, 7) is 0. The number of carbonyl (C=O) groups is 1. The molecule has 2 aliphatic rings. The number of carbonyl (C=O) groups excluding carboxylic acids is 1. The summed E-state index contributed by atoms with van der Waals surface area (Å²) in [5.74, 6) is -1.31. The van der Waals surface area contributed by atoms with Gasteiger partial charge in [0.15, 0.2) is 0 Å². The molecule has 0 heterocycles. The van der Waals surface area contributed by atoms with E-state index in [2.05, 4.69) is 12.2 Å². The Labute approximate surface area is 113 Å². The van der Waals surface area contributed by atoms with Gasteiger partial charge in [-0.2, -0.15) is 0 Å². The van der Waals surface area contributed by atoms with Gasteiger partial charge in [-0.1, -0.05) is 23.3 Å². The number of rotatable bonds is 3. The van der Waals surface area contributed by atoms with E-state index >= 15 is 0 Å². The van der Waals surface area contributed by atoms with Gasteiger partial charge in [-0.05, 0) is 38.5 Å². The third kappa shape index (κ3) is 2.96. The Hall–Kier alpha value is -0.0500. The van der Waals surface area contributed by atoms with Crippen LogP contribution in [0.15, 0.2) is 23.3 Å². The van der Waals surface area contributed by atoms with Gasteiger partial charge in [-0.3, -0.25) is 0 Å². The second kappa shape index (κ2) is 5.88. The van der Waals surface area contributed by atoms with Crippen LogP contribution in [0.2, 0.25) is 0 Å². The fourth-order valence-electron chi connectivity index (χ4n) is 2.46. The van der Waals surface area contributed by atoms with Crippen LogP contribution in [0.5, 0.6) is 0 Å². The first-order chi connectivity index (χ1) is 6.79. The topological polar surface area (TPSA) is 40.1 Å². The van der Waals surface area contributed by atoms with Crippen LogP contribution in [-0.4, -0.2) is 5.97 Å². The standard InChI is InChI=1S/C12H16O2.Na/c13-12(14)11(9-5-1-2-6-9)10-7-3-4-8-10;/h5,7,11H,1-4,6,8H2,(H,13,14);/q;+1/p-1. The first-order valence-corrected chi connectivity index (χ1v) is 5.38. The summed E-state index contributed by atoms with van der Waals surface area (Å²) in [5, 5.41) is 11.1. The number of carboxylic acids is 1. The maximum absolute atomic E-state index is 11.1. The summed E-state index contributed by atoms with van der Waals surface area (Å²) in [5.41, 5.74) is 2.16. The molecule has 0 aromatic rings. The van der Waals surface area contributed by atoms with Gasteiger partial charge >= 0.3 is 29.6 Å². The fraction of sp³-hybridized carbons (Fsp3) is 0.583. The molecule has 0 aromatic heterocycles. The molecule has 3 heteroatoms. The third-order valence-corrected chi connectivity index (χ3v) is 3.13. The summed E-state index contributed by atoms with van der Waals surface area (Å²) in [7, 11) is 0. The minimum absolute atomic E-state index is 0. The van der Waals surface area contributed by atoms with Crippen LogP contribution in [-0.2, 0) is 4.79 Å². The van der Waals surface area contributed by atoms with Crippen LogP contribution in [0, 0.1) is 5.92 Å². The van der Waals surface area contributed by atoms with Gasteiger partial charge < -0.3 is 9.90 Å². The molecule has 2 nitrogen and oxygen atoms in total. The van der Waals surface area contributed by atoms with Crippen molar-refractivity contribution in [3.05, 3.63) is 23.3 Å². The zero-order valence-electron chi connectivity index (χ0n) is 9.29. The van der Waals surface area contributed by atoms with Crippen LogP contribution >= 0.6 is 0 Å². The Morgan fingerprint density at radius 3 is 1.87 bits per heavy atom. The molecule has 0 N–H and O–H groups in total. The fourth-order valence-corrected chi connectivity index (χ4v) is 2.46. The molecule has 0 fully saturated rings. The van der Waals surface area contributed by atoms with E-state index in [1.165, 1.54) is 0 Å². The molecule has 76 valence electrons. The first kappa shape index (κ1) is 13.0. The molecule has 0 aromatic carbocycles. The van der Waals surface area contributed by atoms with E-state index in [9.17, 15) is 9.90 Å². The van der Waals surface area contributed by atoms with Gasteiger partial charge in [0.05, 0.1) is 5.97 Å². The molecule has 0 bridgehead atoms. The van der Waals surface area contributed by atoms with Crippen molar-refractivity contribution in [3.63, 3.8) is 0 Å². The number of carboxylic acid groups (broad SMARTS) is 1. The van der Waals surface area contributed by atoms with E-state index < -0.39 is 11.9 Å². The van der Waals surface area contributed by atoms with E-state index in [1.54, 1.807) is 0 Å². The summed E-state index contributed by atoms with van der Waals surface area (Å²) in [6.07, 6.45) is 10.3. The molecule has 15 heavy (non-hydrogen) atoms. The zero-order chi connectivity index (χ0) is 9.97. The predicted molar refractivity (Wildman–Crippen MR) is 52.4 cm³/mol. The summed E-state index contributed by atoms with van der Waals surface area (Å²) >= 11 is 0. The number of hydrogen-bond acceptors (Lipinski definition) is 2. The summed E-state index contributed by atoms with van der Waals surface area (Å²) < 4.78 is 0. The third-order valence-electron chi connectivity index (χ3n) is 3.13. The number of hydrogen-bond donors (Lipinski definition) is 0. The minimum Gasteiger partial charge on any atom is -0.549 e. The summed E-state index contributed by atoms with van der Waals surface area (Å²) in [4.78, 5) is 11.1. The zero-order valence-corrected chi connectivity index (χ0v) is 11.3. The van der Waals surface area contributed by atoms with Crippen molar-refractivity contribution in [2.75, 3.05) is 0 Å². The molecule has 2 aliphatic carbocycles. The Morgan fingerprint density at radius 2 is 1.60 bits per heavy atom. The van der Waals surface area contributed by atoms with Crippen molar-refractivity contribution < 1.29 is 39.5 Å². The van der Waals surface area contributed by atoms with Gasteiger partial charge in [0.1, 0.15) is 0 Å². The molecule has 0 unspecified atom stereocenters. The van der Waals surface area contributed by atoms with Crippen LogP contribution in [0.3, 0.4) is 0 Å². The molecule has 0 atom stereocenters. The van der Waals surface area contributed by atoms with E-state index in [1.807, 2.05) is 0 Å². The van der Waals surface area contributed by atoms with Gasteiger partial charge in [-0.25, -0.2) is 0 Å². The van der Waals surface area contributed by atoms with Crippen molar-refractivity contribution in [1.29, 1.82) is 0 Å². The van der Waals surface area contributed by atoms with Crippen molar-refractivity contribution in [2.45, 2.75) is 38.5 Å². The molecule has 0 aliphatic heterocycles. The molecule has 0 amide bonds. The average molecular weight is 214 g/mol. The average Bonchev–Trinajstić information content (AvgIpc) is 2.75. The largest absolute Gasteiger partial charge is 1.00 e. The monoisotopic (exact) mass is 214 g/mol. The predicted octanol–water partition coefficient (Wildman–Crippen LogP) is -1.42. The number of allylic oxidation sites excluding steroid dienone is 2. The van der Waals surface area contributed by atoms with Gasteiger partial charge in [0, 0.05) is 5.92 Å². The Bertz CT molecular complexity index is 281. The van der Waals surface area contributed by atoms with Crippen molar-refractivity contribution in [1.82, 2.24) is 0 Å². The quantitative estimate of drug-likeness (QED) is 0.427. The van der Waals surface area contributed by atoms with Crippen LogP contribution in [0.4, 0.5) is 0 Å². The SMILES string of the molecule is O=C([O-])C(C1=CCCC1)C1=CCCC1.[Na+]. The Kier molecular flexibility index (Phi) is 5.10. The Morgan fingerprint density at radius 1 is 1.13 bits per heavy atom. The van der Waals surface area contributed by atoms with Gasteiger partial charge in [-0.15, -0.1) is 0 Å². The smallest absolute Gasteiger partial charge is 0.549 e. The second-order valence-corrected chi connectivity index (χ2v) is 4.09. The summed E-state index contributed by atoms with van der Waals surface area (Å²) in [6, 6.07) is 0. The molecular formula is C12H15NaO2. The molecule has 0 saturated heterocycles. The van der Waals surface area contributed by atoms with Gasteiger partial charge in [0.2, 0.25) is 0 Å². The van der Waals surface area contributed by atoms with Crippen molar-refractivity contribution in [2.24, 2.45) is 5.92 Å². The maximum Gasteiger partial charge on any atom is 1.00 e. The van der Waals surface area contributed by atoms with Crippen molar-refractivity contribution >= 4 is 5.97 Å². The molecule has 0 spiro atoms. The van der Waals surface area contributed by atoms with Crippen LogP contribution in [0.1, 0.15) is 38.5 Å². The van der Waals surface area contributed by atoms with Crippen LogP contribution in [0.25, 0.3) is 0 Å². The van der Waals surface area contributed by atoms with E-state index in [0.717, 1.165) is 49.7 Å². The second-order valence-electron chi connectivity index (χ2n) is 4.09. The van der Waals surface area contributed by atoms with E-state index in [4.69, 9.17) is 0 Å². The van der Waals surface area contributed by atoms with Gasteiger partial charge in [0.25, 0.3) is 0 Å². The van der Waals surface area contributed by atoms with E-state index in [-0.39, 0.29) is 29.6 Å². The maximum atomic E-state index is 11.1. The first-order valence-electron chi connectivity index (χ1n) is 5.38. The van der Waals surface area contributed by atoms with Crippen LogP contribution < -0.4 is 34.7 Å². The molecular weight excluding hydrogens is 199 g/mol. The minimum atomic E-state index is -0.911. The molecule has 0 saturated carbocycles. The molecule has 0 radical (unpaired) electrons. The number of aliphatic carboxylic acids is 1. The Balaban J connectivity index is 0.00000112. The normalized spacial score (nSPS) is 19.8. The molecule has 2 rings (SSSR count).